The summed E-state index contributed by atoms with van der Waals surface area (Å²) in [5.41, 5.74) is 0. The SMILES string of the molecule is CC(COC(=O)O)OC(=O)O.c1ccccc1. The summed E-state index contributed by atoms with van der Waals surface area (Å²) in [7, 11) is 0. The maximum atomic E-state index is 9.83. The fourth-order valence-corrected chi connectivity index (χ4v) is 0.780. The molecule has 1 aromatic rings. The van der Waals surface area contributed by atoms with Gasteiger partial charge in [0.1, 0.15) is 12.7 Å². The first-order valence-corrected chi connectivity index (χ1v) is 4.77. The lowest BCUT2D eigenvalue weighted by Crippen LogP contribution is -2.20. The van der Waals surface area contributed by atoms with Crippen LogP contribution in [0.2, 0.25) is 0 Å². The summed E-state index contributed by atoms with van der Waals surface area (Å²) in [5, 5.41) is 16.0. The highest BCUT2D eigenvalue weighted by atomic mass is 16.7. The molecule has 0 saturated heterocycles. The van der Waals surface area contributed by atoms with Crippen molar-refractivity contribution in [2.45, 2.75) is 13.0 Å². The van der Waals surface area contributed by atoms with E-state index in [1.54, 1.807) is 0 Å². The number of ether oxygens (including phenoxy) is 2. The highest BCUT2D eigenvalue weighted by Crippen LogP contribution is 1.92. The Morgan fingerprint density at radius 2 is 1.41 bits per heavy atom. The van der Waals surface area contributed by atoms with Crippen molar-refractivity contribution in [1.29, 1.82) is 0 Å². The van der Waals surface area contributed by atoms with Crippen LogP contribution in [0.4, 0.5) is 9.59 Å². The Labute approximate surface area is 98.4 Å². The van der Waals surface area contributed by atoms with Crippen molar-refractivity contribution in [3.63, 3.8) is 0 Å². The van der Waals surface area contributed by atoms with Crippen LogP contribution in [0.15, 0.2) is 36.4 Å². The predicted octanol–water partition coefficient (Wildman–Crippen LogP) is 2.45. The van der Waals surface area contributed by atoms with Crippen molar-refractivity contribution in [2.24, 2.45) is 0 Å². The van der Waals surface area contributed by atoms with Gasteiger partial charge < -0.3 is 19.7 Å². The summed E-state index contributed by atoms with van der Waals surface area (Å²) >= 11 is 0. The average Bonchev–Trinajstić information content (AvgIpc) is 2.29. The number of hydrogen-bond acceptors (Lipinski definition) is 4. The van der Waals surface area contributed by atoms with E-state index in [2.05, 4.69) is 9.47 Å². The van der Waals surface area contributed by atoms with Gasteiger partial charge in [-0.15, -0.1) is 0 Å². The van der Waals surface area contributed by atoms with Gasteiger partial charge in [0.25, 0.3) is 0 Å². The largest absolute Gasteiger partial charge is 0.506 e. The van der Waals surface area contributed by atoms with Gasteiger partial charge in [0.05, 0.1) is 0 Å². The molecule has 0 aromatic heterocycles. The Kier molecular flexibility index (Phi) is 7.83. The number of rotatable bonds is 3. The summed E-state index contributed by atoms with van der Waals surface area (Å²) in [5.74, 6) is 0. The fraction of sp³-hybridized carbons (Fsp3) is 0.273. The van der Waals surface area contributed by atoms with Crippen molar-refractivity contribution in [3.8, 4) is 0 Å². The van der Waals surface area contributed by atoms with Gasteiger partial charge in [-0.3, -0.25) is 0 Å². The van der Waals surface area contributed by atoms with Crippen LogP contribution < -0.4 is 0 Å². The lowest BCUT2D eigenvalue weighted by atomic mass is 10.4. The number of carboxylic acid groups (broad SMARTS) is 2. The van der Waals surface area contributed by atoms with Gasteiger partial charge in [-0.1, -0.05) is 36.4 Å². The smallest absolute Gasteiger partial charge is 0.450 e. The monoisotopic (exact) mass is 242 g/mol. The Bertz CT molecular complexity index is 297. The molecular formula is C11H14O6. The second-order valence-electron chi connectivity index (χ2n) is 2.93. The van der Waals surface area contributed by atoms with E-state index in [-0.39, 0.29) is 6.61 Å². The van der Waals surface area contributed by atoms with Crippen LogP contribution in [0.3, 0.4) is 0 Å². The molecule has 0 radical (unpaired) electrons. The second-order valence-corrected chi connectivity index (χ2v) is 2.93. The summed E-state index contributed by atoms with van der Waals surface area (Å²) in [6.07, 6.45) is -3.68. The molecule has 0 aliphatic carbocycles. The van der Waals surface area contributed by atoms with Crippen molar-refractivity contribution >= 4 is 12.3 Å². The summed E-state index contributed by atoms with van der Waals surface area (Å²) in [6, 6.07) is 12.0. The van der Waals surface area contributed by atoms with Crippen LogP contribution in [0.1, 0.15) is 6.92 Å². The van der Waals surface area contributed by atoms with Crippen molar-refractivity contribution in [1.82, 2.24) is 0 Å². The van der Waals surface area contributed by atoms with Crippen molar-refractivity contribution in [2.75, 3.05) is 6.61 Å². The van der Waals surface area contributed by atoms with Crippen molar-refractivity contribution < 1.29 is 29.3 Å². The van der Waals surface area contributed by atoms with E-state index in [4.69, 9.17) is 10.2 Å². The second kappa shape index (κ2) is 9.02. The highest BCUT2D eigenvalue weighted by molar-refractivity contribution is 5.58. The third kappa shape index (κ3) is 11.7. The summed E-state index contributed by atoms with van der Waals surface area (Å²) in [4.78, 5) is 19.6. The molecule has 6 nitrogen and oxygen atoms in total. The molecule has 0 bridgehead atoms. The third-order valence-electron chi connectivity index (χ3n) is 1.41. The molecule has 6 heteroatoms. The molecule has 0 amide bonds. The normalized spacial score (nSPS) is 10.4. The topological polar surface area (TPSA) is 93.1 Å². The number of hydrogen-bond donors (Lipinski definition) is 2. The van der Waals surface area contributed by atoms with Crippen LogP contribution in [0.5, 0.6) is 0 Å². The van der Waals surface area contributed by atoms with E-state index in [0.29, 0.717) is 0 Å². The van der Waals surface area contributed by atoms with Gasteiger partial charge in [0.2, 0.25) is 0 Å². The van der Waals surface area contributed by atoms with E-state index in [1.165, 1.54) is 6.92 Å². The Morgan fingerprint density at radius 1 is 1.00 bits per heavy atom. The maximum absolute atomic E-state index is 9.83. The number of benzene rings is 1. The van der Waals surface area contributed by atoms with Gasteiger partial charge in [0, 0.05) is 0 Å². The molecule has 1 rings (SSSR count). The molecule has 1 unspecified atom stereocenters. The predicted molar refractivity (Wildman–Crippen MR) is 59.0 cm³/mol. The zero-order valence-corrected chi connectivity index (χ0v) is 9.28. The van der Waals surface area contributed by atoms with E-state index in [1.807, 2.05) is 36.4 Å². The van der Waals surface area contributed by atoms with Crippen LogP contribution in [0.25, 0.3) is 0 Å². The quantitative estimate of drug-likeness (QED) is 0.791. The van der Waals surface area contributed by atoms with E-state index in [0.717, 1.165) is 0 Å². The molecule has 94 valence electrons. The summed E-state index contributed by atoms with van der Waals surface area (Å²) < 4.78 is 8.16. The van der Waals surface area contributed by atoms with Gasteiger partial charge in [-0.2, -0.15) is 0 Å². The van der Waals surface area contributed by atoms with Gasteiger partial charge in [-0.05, 0) is 6.92 Å². The Balaban J connectivity index is 0.000000354. The molecule has 1 aromatic carbocycles. The van der Waals surface area contributed by atoms with E-state index < -0.39 is 18.4 Å². The lowest BCUT2D eigenvalue weighted by Gasteiger charge is -2.08. The fourth-order valence-electron chi connectivity index (χ4n) is 0.780. The molecule has 0 fully saturated rings. The molecule has 0 saturated carbocycles. The Morgan fingerprint density at radius 3 is 1.71 bits per heavy atom. The minimum absolute atomic E-state index is 0.290. The molecule has 2 N–H and O–H groups in total. The Hall–Kier alpha value is -2.24. The van der Waals surface area contributed by atoms with Crippen LogP contribution in [-0.4, -0.2) is 35.2 Å². The molecule has 0 aliphatic rings. The standard InChI is InChI=1S/C6H6.C5H8O6/c1-2-4-6-5-3-1;1-3(11-5(8)9)2-10-4(6)7/h1-6H;3H,2H2,1H3,(H,6,7)(H,8,9). The minimum atomic E-state index is -1.45. The molecule has 1 atom stereocenters. The zero-order valence-electron chi connectivity index (χ0n) is 9.28. The molecule has 0 spiro atoms. The third-order valence-corrected chi connectivity index (χ3v) is 1.41. The molecule has 0 aliphatic heterocycles. The zero-order chi connectivity index (χ0) is 13.1. The lowest BCUT2D eigenvalue weighted by molar-refractivity contribution is 0.0122. The van der Waals surface area contributed by atoms with Crippen LogP contribution >= 0.6 is 0 Å². The molecular weight excluding hydrogens is 228 g/mol. The van der Waals surface area contributed by atoms with Crippen molar-refractivity contribution in [3.05, 3.63) is 36.4 Å². The first-order valence-electron chi connectivity index (χ1n) is 4.77. The first kappa shape index (κ1) is 14.8. The van der Waals surface area contributed by atoms with Crippen LogP contribution in [-0.2, 0) is 9.47 Å². The molecule has 0 heterocycles. The first-order chi connectivity index (χ1) is 8.02. The van der Waals surface area contributed by atoms with Gasteiger partial charge >= 0.3 is 12.3 Å². The van der Waals surface area contributed by atoms with E-state index >= 15 is 0 Å². The van der Waals surface area contributed by atoms with Gasteiger partial charge in [-0.25, -0.2) is 9.59 Å². The van der Waals surface area contributed by atoms with E-state index in [9.17, 15) is 9.59 Å². The average molecular weight is 242 g/mol. The number of carbonyl (C=O) groups is 2. The van der Waals surface area contributed by atoms with Gasteiger partial charge in [0.15, 0.2) is 0 Å². The highest BCUT2D eigenvalue weighted by Gasteiger charge is 2.09. The molecule has 17 heavy (non-hydrogen) atoms. The maximum Gasteiger partial charge on any atom is 0.506 e. The summed E-state index contributed by atoms with van der Waals surface area (Å²) in [6.45, 7) is 1.10. The minimum Gasteiger partial charge on any atom is -0.450 e. The van der Waals surface area contributed by atoms with Crippen LogP contribution in [0, 0.1) is 0 Å².